The highest BCUT2D eigenvalue weighted by molar-refractivity contribution is 7.07. The van der Waals surface area contributed by atoms with E-state index in [1.54, 1.807) is 11.3 Å². The first-order valence-corrected chi connectivity index (χ1v) is 8.03. The molecule has 102 valence electrons. The lowest BCUT2D eigenvalue weighted by Gasteiger charge is -2.41. The van der Waals surface area contributed by atoms with Crippen LogP contribution in [0.2, 0.25) is 0 Å². The minimum atomic E-state index is 0.229. The Kier molecular flexibility index (Phi) is 4.82. The van der Waals surface area contributed by atoms with Crippen molar-refractivity contribution < 1.29 is 0 Å². The van der Waals surface area contributed by atoms with Gasteiger partial charge in [0.05, 0.1) is 0 Å². The van der Waals surface area contributed by atoms with Gasteiger partial charge in [0, 0.05) is 18.6 Å². The fourth-order valence-corrected chi connectivity index (χ4v) is 3.79. The molecule has 1 aliphatic carbocycles. The Morgan fingerprint density at radius 2 is 2.28 bits per heavy atom. The highest BCUT2D eigenvalue weighted by Crippen LogP contribution is 2.34. The summed E-state index contributed by atoms with van der Waals surface area (Å²) in [6.07, 6.45) is 6.53. The molecule has 2 atom stereocenters. The first-order valence-electron chi connectivity index (χ1n) is 7.09. The monoisotopic (exact) mass is 266 g/mol. The number of nitrogens with two attached hydrogens (primary N) is 1. The van der Waals surface area contributed by atoms with Gasteiger partial charge in [0.1, 0.15) is 0 Å². The lowest BCUT2D eigenvalue weighted by atomic mass is 9.88. The molecule has 1 heterocycles. The van der Waals surface area contributed by atoms with Crippen LogP contribution < -0.4 is 5.73 Å². The average molecular weight is 266 g/mol. The fraction of sp³-hybridized carbons (Fsp3) is 0.733. The predicted octanol–water partition coefficient (Wildman–Crippen LogP) is 3.48. The van der Waals surface area contributed by atoms with Gasteiger partial charge in [0.2, 0.25) is 0 Å². The van der Waals surface area contributed by atoms with E-state index in [9.17, 15) is 0 Å². The molecule has 0 spiro atoms. The highest BCUT2D eigenvalue weighted by Gasteiger charge is 2.34. The van der Waals surface area contributed by atoms with E-state index in [4.69, 9.17) is 5.73 Å². The number of hydrogen-bond acceptors (Lipinski definition) is 3. The summed E-state index contributed by atoms with van der Waals surface area (Å²) < 4.78 is 0. The number of likely N-dealkylation sites (N-methyl/N-ethyl adjacent to an activating group) is 1. The molecule has 2 N–H and O–H groups in total. The Morgan fingerprint density at radius 3 is 2.94 bits per heavy atom. The Morgan fingerprint density at radius 1 is 1.44 bits per heavy atom. The van der Waals surface area contributed by atoms with Crippen molar-refractivity contribution in [3.63, 3.8) is 0 Å². The van der Waals surface area contributed by atoms with Gasteiger partial charge < -0.3 is 5.73 Å². The molecule has 1 aromatic rings. The third kappa shape index (κ3) is 3.14. The molecule has 1 saturated carbocycles. The van der Waals surface area contributed by atoms with Crippen LogP contribution in [-0.2, 0) is 6.54 Å². The van der Waals surface area contributed by atoms with Crippen LogP contribution in [0.5, 0.6) is 0 Å². The standard InChI is InChI=1S/C15H26N2S/c1-13-4-3-7-15(12-16,8-5-13)17(2)10-14-6-9-18-11-14/h6,9,11,13H,3-5,7-8,10,12,16H2,1-2H3. The van der Waals surface area contributed by atoms with Crippen LogP contribution in [0.25, 0.3) is 0 Å². The molecule has 2 rings (SSSR count). The summed E-state index contributed by atoms with van der Waals surface area (Å²) in [5, 5.41) is 4.41. The van der Waals surface area contributed by atoms with Crippen LogP contribution >= 0.6 is 11.3 Å². The van der Waals surface area contributed by atoms with E-state index < -0.39 is 0 Å². The van der Waals surface area contributed by atoms with Gasteiger partial charge >= 0.3 is 0 Å². The smallest absolute Gasteiger partial charge is 0.0332 e. The molecule has 0 aliphatic heterocycles. The summed E-state index contributed by atoms with van der Waals surface area (Å²) in [5.41, 5.74) is 7.80. The zero-order valence-electron chi connectivity index (χ0n) is 11.7. The van der Waals surface area contributed by atoms with E-state index in [2.05, 4.69) is 35.7 Å². The van der Waals surface area contributed by atoms with Crippen molar-refractivity contribution in [1.82, 2.24) is 4.90 Å². The second kappa shape index (κ2) is 6.18. The molecule has 0 bridgehead atoms. The van der Waals surface area contributed by atoms with Gasteiger partial charge in [-0.2, -0.15) is 11.3 Å². The second-order valence-corrected chi connectivity index (χ2v) is 6.73. The largest absolute Gasteiger partial charge is 0.329 e. The van der Waals surface area contributed by atoms with Gasteiger partial charge in [-0.1, -0.05) is 19.8 Å². The van der Waals surface area contributed by atoms with Crippen molar-refractivity contribution >= 4 is 11.3 Å². The zero-order chi connectivity index (χ0) is 13.0. The van der Waals surface area contributed by atoms with E-state index in [1.165, 1.54) is 37.7 Å². The molecule has 0 saturated heterocycles. The Bertz CT molecular complexity index is 349. The maximum atomic E-state index is 6.14. The lowest BCUT2D eigenvalue weighted by Crippen LogP contribution is -2.51. The van der Waals surface area contributed by atoms with E-state index in [0.29, 0.717) is 0 Å². The molecular weight excluding hydrogens is 240 g/mol. The van der Waals surface area contributed by atoms with Crippen molar-refractivity contribution in [3.05, 3.63) is 22.4 Å². The third-order valence-electron chi connectivity index (χ3n) is 4.63. The Hall–Kier alpha value is -0.380. The van der Waals surface area contributed by atoms with Gasteiger partial charge in [0.15, 0.2) is 0 Å². The van der Waals surface area contributed by atoms with E-state index in [0.717, 1.165) is 19.0 Å². The van der Waals surface area contributed by atoms with E-state index >= 15 is 0 Å². The topological polar surface area (TPSA) is 29.3 Å². The Balaban J connectivity index is 2.05. The maximum Gasteiger partial charge on any atom is 0.0332 e. The molecule has 2 unspecified atom stereocenters. The van der Waals surface area contributed by atoms with Crippen molar-refractivity contribution in [1.29, 1.82) is 0 Å². The van der Waals surface area contributed by atoms with Gasteiger partial charge in [-0.25, -0.2) is 0 Å². The van der Waals surface area contributed by atoms with Gasteiger partial charge in [-0.3, -0.25) is 4.90 Å². The van der Waals surface area contributed by atoms with Crippen LogP contribution in [0, 0.1) is 5.92 Å². The van der Waals surface area contributed by atoms with Crippen molar-refractivity contribution in [2.45, 2.75) is 51.1 Å². The van der Waals surface area contributed by atoms with Crippen LogP contribution in [0.15, 0.2) is 16.8 Å². The van der Waals surface area contributed by atoms with Gasteiger partial charge in [0.25, 0.3) is 0 Å². The zero-order valence-corrected chi connectivity index (χ0v) is 12.5. The summed E-state index contributed by atoms with van der Waals surface area (Å²) in [4.78, 5) is 2.51. The molecule has 1 aromatic heterocycles. The summed E-state index contributed by atoms with van der Waals surface area (Å²) in [6.45, 7) is 4.21. The summed E-state index contributed by atoms with van der Waals surface area (Å²) in [5.74, 6) is 0.868. The van der Waals surface area contributed by atoms with Crippen molar-refractivity contribution in [2.75, 3.05) is 13.6 Å². The number of thiophene rings is 1. The number of nitrogens with zero attached hydrogens (tertiary/aromatic N) is 1. The Labute approximate surface area is 115 Å². The summed E-state index contributed by atoms with van der Waals surface area (Å²) in [7, 11) is 2.25. The van der Waals surface area contributed by atoms with Crippen molar-refractivity contribution in [3.8, 4) is 0 Å². The molecular formula is C15H26N2S. The SMILES string of the molecule is CC1CCCC(CN)(N(C)Cc2ccsc2)CC1. The molecule has 0 aromatic carbocycles. The molecule has 0 radical (unpaired) electrons. The molecule has 1 fully saturated rings. The van der Waals surface area contributed by atoms with E-state index in [1.807, 2.05) is 0 Å². The predicted molar refractivity (Wildman–Crippen MR) is 79.8 cm³/mol. The van der Waals surface area contributed by atoms with Crippen molar-refractivity contribution in [2.24, 2.45) is 11.7 Å². The normalized spacial score (nSPS) is 29.4. The summed E-state index contributed by atoms with van der Waals surface area (Å²) >= 11 is 1.78. The first-order chi connectivity index (χ1) is 8.66. The van der Waals surface area contributed by atoms with Crippen LogP contribution in [-0.4, -0.2) is 24.0 Å². The van der Waals surface area contributed by atoms with Crippen LogP contribution in [0.4, 0.5) is 0 Å². The minimum Gasteiger partial charge on any atom is -0.329 e. The molecule has 0 amide bonds. The quantitative estimate of drug-likeness (QED) is 0.845. The lowest BCUT2D eigenvalue weighted by molar-refractivity contribution is 0.0988. The summed E-state index contributed by atoms with van der Waals surface area (Å²) in [6, 6.07) is 2.23. The van der Waals surface area contributed by atoms with Crippen LogP contribution in [0.3, 0.4) is 0 Å². The number of hydrogen-bond donors (Lipinski definition) is 1. The maximum absolute atomic E-state index is 6.14. The van der Waals surface area contributed by atoms with Gasteiger partial charge in [-0.05, 0) is 54.6 Å². The van der Waals surface area contributed by atoms with E-state index in [-0.39, 0.29) is 5.54 Å². The number of rotatable bonds is 4. The van der Waals surface area contributed by atoms with Gasteiger partial charge in [-0.15, -0.1) is 0 Å². The van der Waals surface area contributed by atoms with Crippen LogP contribution in [0.1, 0.15) is 44.6 Å². The average Bonchev–Trinajstić information content (AvgIpc) is 2.78. The molecule has 3 heteroatoms. The first kappa shape index (κ1) is 14.0. The minimum absolute atomic E-state index is 0.229. The fourth-order valence-electron chi connectivity index (χ4n) is 3.13. The molecule has 18 heavy (non-hydrogen) atoms. The molecule has 2 nitrogen and oxygen atoms in total. The highest BCUT2D eigenvalue weighted by atomic mass is 32.1. The molecule has 1 aliphatic rings. The third-order valence-corrected chi connectivity index (χ3v) is 5.36. The second-order valence-electron chi connectivity index (χ2n) is 5.95.